The number of likely N-dealkylation sites (N-methyl/N-ethyl adjacent to an activating group) is 3. The Morgan fingerprint density at radius 2 is 1.30 bits per heavy atom. The maximum absolute atomic E-state index is 2.33. The normalized spacial score (nSPS) is 43.7. The van der Waals surface area contributed by atoms with Crippen molar-refractivity contribution in [2.75, 3.05) is 21.1 Å². The van der Waals surface area contributed by atoms with Crippen molar-refractivity contribution in [3.8, 4) is 0 Å². The van der Waals surface area contributed by atoms with Crippen LogP contribution in [0.3, 0.4) is 0 Å². The van der Waals surface area contributed by atoms with Crippen molar-refractivity contribution >= 4 is 0 Å². The molecule has 10 heavy (non-hydrogen) atoms. The van der Waals surface area contributed by atoms with E-state index in [0.717, 1.165) is 0 Å². The van der Waals surface area contributed by atoms with Crippen LogP contribution in [0.1, 0.15) is 0 Å². The molecule has 0 bridgehead atoms. The SMILES string of the molecule is CN1C=CN(C)C2C1N2C. The van der Waals surface area contributed by atoms with E-state index in [-0.39, 0.29) is 0 Å². The molecular weight excluding hydrogens is 126 g/mol. The minimum atomic E-state index is 0.620. The molecule has 2 heterocycles. The van der Waals surface area contributed by atoms with E-state index in [1.165, 1.54) is 0 Å². The van der Waals surface area contributed by atoms with Crippen molar-refractivity contribution in [1.29, 1.82) is 0 Å². The van der Waals surface area contributed by atoms with Gasteiger partial charge in [0, 0.05) is 26.5 Å². The van der Waals surface area contributed by atoms with Gasteiger partial charge in [-0.1, -0.05) is 0 Å². The van der Waals surface area contributed by atoms with Crippen molar-refractivity contribution in [1.82, 2.24) is 14.7 Å². The summed E-state index contributed by atoms with van der Waals surface area (Å²) in [6.45, 7) is 0. The second-order valence-electron chi connectivity index (χ2n) is 3.12. The zero-order valence-electron chi connectivity index (χ0n) is 6.65. The second-order valence-corrected chi connectivity index (χ2v) is 3.12. The predicted molar refractivity (Wildman–Crippen MR) is 40.0 cm³/mol. The largest absolute Gasteiger partial charge is 0.360 e. The summed E-state index contributed by atoms with van der Waals surface area (Å²) in [5.74, 6) is 0. The van der Waals surface area contributed by atoms with Crippen LogP contribution in [-0.2, 0) is 0 Å². The lowest BCUT2D eigenvalue weighted by Crippen LogP contribution is -2.29. The van der Waals surface area contributed by atoms with Gasteiger partial charge in [-0.3, -0.25) is 4.90 Å². The fourth-order valence-electron chi connectivity index (χ4n) is 1.69. The third-order valence-electron chi connectivity index (χ3n) is 2.38. The van der Waals surface area contributed by atoms with Crippen molar-refractivity contribution in [2.45, 2.75) is 12.3 Å². The summed E-state index contributed by atoms with van der Waals surface area (Å²) in [6, 6.07) is 0. The van der Waals surface area contributed by atoms with Crippen molar-refractivity contribution in [3.63, 3.8) is 0 Å². The zero-order valence-corrected chi connectivity index (χ0v) is 6.65. The maximum atomic E-state index is 2.33. The van der Waals surface area contributed by atoms with Gasteiger partial charge in [-0.25, -0.2) is 0 Å². The van der Waals surface area contributed by atoms with E-state index < -0.39 is 0 Å². The molecule has 2 atom stereocenters. The first-order valence-electron chi connectivity index (χ1n) is 3.56. The minimum Gasteiger partial charge on any atom is -0.360 e. The first kappa shape index (κ1) is 6.04. The van der Waals surface area contributed by atoms with Crippen LogP contribution in [0.25, 0.3) is 0 Å². The molecule has 2 unspecified atom stereocenters. The molecule has 0 aromatic rings. The van der Waals surface area contributed by atoms with Crippen LogP contribution >= 0.6 is 0 Å². The minimum absolute atomic E-state index is 0.620. The lowest BCUT2D eigenvalue weighted by Gasteiger charge is -2.21. The number of hydrogen-bond donors (Lipinski definition) is 0. The van der Waals surface area contributed by atoms with Crippen LogP contribution in [-0.4, -0.2) is 48.2 Å². The molecule has 3 heteroatoms. The standard InChI is InChI=1S/C7H13N3/c1-8-4-5-9(2)7-6(8)10(7)3/h4-7H,1-3H3. The fraction of sp³-hybridized carbons (Fsp3) is 0.714. The maximum Gasteiger partial charge on any atom is 0.118 e. The second kappa shape index (κ2) is 1.66. The highest BCUT2D eigenvalue weighted by molar-refractivity contribution is 5.07. The third-order valence-corrected chi connectivity index (χ3v) is 2.38. The van der Waals surface area contributed by atoms with Crippen molar-refractivity contribution in [2.24, 2.45) is 0 Å². The molecule has 0 N–H and O–H groups in total. The Bertz CT molecular complexity index is 160. The molecule has 56 valence electrons. The Morgan fingerprint density at radius 1 is 0.900 bits per heavy atom. The Balaban J connectivity index is 2.17. The summed E-state index contributed by atoms with van der Waals surface area (Å²) in [4.78, 5) is 6.81. The summed E-state index contributed by atoms with van der Waals surface area (Å²) in [6.07, 6.45) is 5.47. The lowest BCUT2D eigenvalue weighted by atomic mass is 10.4. The van der Waals surface area contributed by atoms with E-state index in [1.54, 1.807) is 0 Å². The molecule has 0 aromatic heterocycles. The Labute approximate surface area is 61.5 Å². The summed E-state index contributed by atoms with van der Waals surface area (Å²) in [5, 5.41) is 0. The van der Waals surface area contributed by atoms with Gasteiger partial charge in [0.2, 0.25) is 0 Å². The number of fused-ring (bicyclic) bond motifs is 1. The van der Waals surface area contributed by atoms with Crippen LogP contribution < -0.4 is 0 Å². The molecule has 3 nitrogen and oxygen atoms in total. The molecule has 0 amide bonds. The average Bonchev–Trinajstić information content (AvgIpc) is 2.55. The van der Waals surface area contributed by atoms with Crippen molar-refractivity contribution in [3.05, 3.63) is 12.4 Å². The van der Waals surface area contributed by atoms with Crippen LogP contribution in [0.15, 0.2) is 12.4 Å². The molecule has 0 saturated carbocycles. The van der Waals surface area contributed by atoms with Gasteiger partial charge in [-0.05, 0) is 7.05 Å². The number of hydrogen-bond acceptors (Lipinski definition) is 3. The smallest absolute Gasteiger partial charge is 0.118 e. The first-order valence-corrected chi connectivity index (χ1v) is 3.56. The Morgan fingerprint density at radius 3 is 1.70 bits per heavy atom. The number of nitrogens with zero attached hydrogens (tertiary/aromatic N) is 3. The van der Waals surface area contributed by atoms with E-state index in [1.807, 2.05) is 0 Å². The Hall–Kier alpha value is -0.700. The van der Waals surface area contributed by atoms with Gasteiger partial charge in [0.1, 0.15) is 12.3 Å². The van der Waals surface area contributed by atoms with Gasteiger partial charge in [0.05, 0.1) is 0 Å². The summed E-state index contributed by atoms with van der Waals surface area (Å²) in [7, 11) is 6.38. The quantitative estimate of drug-likeness (QED) is 0.435. The molecular formula is C7H13N3. The highest BCUT2D eigenvalue weighted by Gasteiger charge is 2.50. The van der Waals surface area contributed by atoms with Crippen molar-refractivity contribution < 1.29 is 0 Å². The molecule has 0 aliphatic carbocycles. The molecule has 1 fully saturated rings. The van der Waals surface area contributed by atoms with Crippen LogP contribution in [0.4, 0.5) is 0 Å². The third kappa shape index (κ3) is 0.583. The molecule has 0 aromatic carbocycles. The van der Waals surface area contributed by atoms with E-state index in [2.05, 4.69) is 48.2 Å². The van der Waals surface area contributed by atoms with Gasteiger partial charge < -0.3 is 9.80 Å². The van der Waals surface area contributed by atoms with E-state index in [0.29, 0.717) is 12.3 Å². The lowest BCUT2D eigenvalue weighted by molar-refractivity contribution is 0.319. The van der Waals surface area contributed by atoms with Gasteiger partial charge in [0.25, 0.3) is 0 Å². The Kier molecular flexibility index (Phi) is 1.01. The first-order chi connectivity index (χ1) is 4.72. The molecule has 2 aliphatic rings. The highest BCUT2D eigenvalue weighted by Crippen LogP contribution is 2.33. The zero-order chi connectivity index (χ0) is 7.30. The highest BCUT2D eigenvalue weighted by atomic mass is 15.6. The van der Waals surface area contributed by atoms with Crippen LogP contribution in [0.5, 0.6) is 0 Å². The topological polar surface area (TPSA) is 9.49 Å². The van der Waals surface area contributed by atoms with Gasteiger partial charge in [0.15, 0.2) is 0 Å². The van der Waals surface area contributed by atoms with Crippen LogP contribution in [0, 0.1) is 0 Å². The van der Waals surface area contributed by atoms with Gasteiger partial charge >= 0.3 is 0 Å². The van der Waals surface area contributed by atoms with E-state index >= 15 is 0 Å². The van der Waals surface area contributed by atoms with E-state index in [4.69, 9.17) is 0 Å². The molecule has 0 spiro atoms. The molecule has 1 saturated heterocycles. The molecule has 2 aliphatic heterocycles. The fourth-order valence-corrected chi connectivity index (χ4v) is 1.69. The van der Waals surface area contributed by atoms with Gasteiger partial charge in [-0.2, -0.15) is 0 Å². The van der Waals surface area contributed by atoms with Gasteiger partial charge in [-0.15, -0.1) is 0 Å². The summed E-state index contributed by atoms with van der Waals surface area (Å²) < 4.78 is 0. The molecule has 0 radical (unpaired) electrons. The monoisotopic (exact) mass is 139 g/mol. The van der Waals surface area contributed by atoms with E-state index in [9.17, 15) is 0 Å². The van der Waals surface area contributed by atoms with Crippen LogP contribution in [0.2, 0.25) is 0 Å². The number of rotatable bonds is 0. The summed E-state index contributed by atoms with van der Waals surface area (Å²) in [5.41, 5.74) is 0. The molecule has 2 rings (SSSR count). The average molecular weight is 139 g/mol. The predicted octanol–water partition coefficient (Wildman–Crippen LogP) is -0.0676. The summed E-state index contributed by atoms with van der Waals surface area (Å²) >= 11 is 0.